The van der Waals surface area contributed by atoms with Crippen LogP contribution in [0.5, 0.6) is 0 Å². The Morgan fingerprint density at radius 3 is 2.81 bits per heavy atom. The smallest absolute Gasteiger partial charge is 0.325 e. The summed E-state index contributed by atoms with van der Waals surface area (Å²) < 4.78 is 12.2. The summed E-state index contributed by atoms with van der Waals surface area (Å²) in [7, 11) is 0. The standard InChI is InChI=1S/C30H45N3O4/c1-6-11-27(22(5)37-21(3)4)26(7-2)28(30(34)35)33-18-16-25(20-33)36-19-9-8-13-24-15-14-23-12-10-17-31-29(23)32-24/h6-7,11,14-15,21-22,25,28H,1,8-10,12-13,16-20H2,2-5H3,(H,31,32)(H,34,35)/b26-7+,27-11-/t22-,25+,28+/m0/s1. The summed E-state index contributed by atoms with van der Waals surface area (Å²) in [6.45, 7) is 14.6. The zero-order chi connectivity index (χ0) is 26.8. The van der Waals surface area contributed by atoms with E-state index < -0.39 is 12.0 Å². The van der Waals surface area contributed by atoms with E-state index in [4.69, 9.17) is 14.5 Å². The second kappa shape index (κ2) is 14.5. The van der Waals surface area contributed by atoms with Gasteiger partial charge in [0.05, 0.1) is 18.3 Å². The Kier molecular flexibility index (Phi) is 11.4. The number of aliphatic carboxylic acids is 1. The number of carbonyl (C=O) groups is 1. The number of aromatic nitrogens is 1. The summed E-state index contributed by atoms with van der Waals surface area (Å²) in [6, 6.07) is 3.61. The normalized spacial score (nSPS) is 20.4. The molecule has 7 nitrogen and oxygen atoms in total. The number of hydrogen-bond donors (Lipinski definition) is 2. The molecule has 0 bridgehead atoms. The summed E-state index contributed by atoms with van der Waals surface area (Å²) in [6.07, 6.45) is 11.3. The van der Waals surface area contributed by atoms with E-state index in [2.05, 4.69) is 24.0 Å². The Hall–Kier alpha value is -2.48. The van der Waals surface area contributed by atoms with E-state index in [0.29, 0.717) is 19.7 Å². The molecule has 3 atom stereocenters. The van der Waals surface area contributed by atoms with Crippen molar-refractivity contribution in [1.82, 2.24) is 9.88 Å². The summed E-state index contributed by atoms with van der Waals surface area (Å²) in [5.74, 6) is 0.197. The lowest BCUT2D eigenvalue weighted by atomic mass is 9.93. The van der Waals surface area contributed by atoms with Crippen LogP contribution in [0.2, 0.25) is 0 Å². The van der Waals surface area contributed by atoms with Gasteiger partial charge in [0.25, 0.3) is 0 Å². The number of unbranched alkanes of at least 4 members (excludes halogenated alkanes) is 1. The predicted molar refractivity (Wildman–Crippen MR) is 149 cm³/mol. The largest absolute Gasteiger partial charge is 0.480 e. The molecule has 0 aliphatic carbocycles. The van der Waals surface area contributed by atoms with Gasteiger partial charge in [-0.1, -0.05) is 30.9 Å². The number of ether oxygens (including phenoxy) is 2. The molecule has 0 amide bonds. The topological polar surface area (TPSA) is 83.9 Å². The fourth-order valence-electron chi connectivity index (χ4n) is 5.33. The first kappa shape index (κ1) is 29.1. The molecule has 0 radical (unpaired) electrons. The van der Waals surface area contributed by atoms with Crippen molar-refractivity contribution in [3.63, 3.8) is 0 Å². The molecular formula is C30H45N3O4. The van der Waals surface area contributed by atoms with Crippen molar-refractivity contribution in [3.8, 4) is 0 Å². The third-order valence-electron chi connectivity index (χ3n) is 7.06. The van der Waals surface area contributed by atoms with Gasteiger partial charge in [-0.3, -0.25) is 9.69 Å². The monoisotopic (exact) mass is 511 g/mol. The van der Waals surface area contributed by atoms with Crippen LogP contribution in [0.15, 0.2) is 48.1 Å². The second-order valence-electron chi connectivity index (χ2n) is 10.2. The zero-order valence-corrected chi connectivity index (χ0v) is 23.0. The van der Waals surface area contributed by atoms with Gasteiger partial charge < -0.3 is 19.9 Å². The molecule has 3 rings (SSSR count). The SMILES string of the molecule is C=C/C=C(\C(=C/C)[C@H](C(=O)O)N1CC[C@@H](OCCCCc2ccc3c(n2)NCCC3)C1)[C@H](C)OC(C)C. The van der Waals surface area contributed by atoms with Crippen LogP contribution in [0, 0.1) is 0 Å². The number of nitrogens with zero attached hydrogens (tertiary/aromatic N) is 2. The van der Waals surface area contributed by atoms with E-state index in [1.165, 1.54) is 12.0 Å². The van der Waals surface area contributed by atoms with Crippen LogP contribution < -0.4 is 5.32 Å². The van der Waals surface area contributed by atoms with Crippen molar-refractivity contribution in [2.24, 2.45) is 0 Å². The maximum Gasteiger partial charge on any atom is 0.325 e. The molecule has 0 unspecified atom stereocenters. The van der Waals surface area contributed by atoms with E-state index in [-0.39, 0.29) is 18.3 Å². The van der Waals surface area contributed by atoms with Gasteiger partial charge in [0.1, 0.15) is 11.9 Å². The molecule has 0 spiro atoms. The second-order valence-corrected chi connectivity index (χ2v) is 10.2. The minimum atomic E-state index is -0.854. The highest BCUT2D eigenvalue weighted by molar-refractivity contribution is 5.79. The van der Waals surface area contributed by atoms with Crippen LogP contribution in [0.4, 0.5) is 5.82 Å². The quantitative estimate of drug-likeness (QED) is 0.263. The molecule has 7 heteroatoms. The highest BCUT2D eigenvalue weighted by atomic mass is 16.5. The number of allylic oxidation sites excluding steroid dienone is 3. The van der Waals surface area contributed by atoms with Crippen molar-refractivity contribution in [2.75, 3.05) is 31.6 Å². The van der Waals surface area contributed by atoms with Crippen molar-refractivity contribution in [3.05, 3.63) is 59.3 Å². The van der Waals surface area contributed by atoms with Gasteiger partial charge in [-0.25, -0.2) is 4.98 Å². The number of aryl methyl sites for hydroxylation is 2. The summed E-state index contributed by atoms with van der Waals surface area (Å²) in [5, 5.41) is 13.6. The fraction of sp³-hybridized carbons (Fsp3) is 0.600. The maximum atomic E-state index is 12.4. The van der Waals surface area contributed by atoms with Gasteiger partial charge in [-0.15, -0.1) is 0 Å². The fourth-order valence-corrected chi connectivity index (χ4v) is 5.33. The number of carboxylic acid groups (broad SMARTS) is 1. The first-order valence-electron chi connectivity index (χ1n) is 13.8. The molecule has 204 valence electrons. The first-order chi connectivity index (χ1) is 17.8. The van der Waals surface area contributed by atoms with Crippen LogP contribution in [0.25, 0.3) is 0 Å². The van der Waals surface area contributed by atoms with Crippen LogP contribution in [-0.2, 0) is 27.1 Å². The number of rotatable bonds is 14. The van der Waals surface area contributed by atoms with Crippen molar-refractivity contribution in [2.45, 2.75) is 90.6 Å². The van der Waals surface area contributed by atoms with Gasteiger partial charge in [0.15, 0.2) is 0 Å². The number of hydrogen-bond acceptors (Lipinski definition) is 6. The molecule has 2 N–H and O–H groups in total. The Bertz CT molecular complexity index is 972. The molecule has 3 heterocycles. The third-order valence-corrected chi connectivity index (χ3v) is 7.06. The van der Waals surface area contributed by atoms with Crippen LogP contribution in [-0.4, -0.2) is 71.6 Å². The van der Waals surface area contributed by atoms with Gasteiger partial charge >= 0.3 is 5.97 Å². The molecule has 1 aromatic heterocycles. The maximum absolute atomic E-state index is 12.4. The molecule has 0 saturated carbocycles. The van der Waals surface area contributed by atoms with Crippen LogP contribution in [0.1, 0.15) is 64.6 Å². The van der Waals surface area contributed by atoms with Gasteiger partial charge in [0.2, 0.25) is 0 Å². The van der Waals surface area contributed by atoms with Crippen LogP contribution in [0.3, 0.4) is 0 Å². The molecule has 37 heavy (non-hydrogen) atoms. The van der Waals surface area contributed by atoms with E-state index >= 15 is 0 Å². The summed E-state index contributed by atoms with van der Waals surface area (Å²) >= 11 is 0. The van der Waals surface area contributed by atoms with E-state index in [0.717, 1.165) is 61.3 Å². The average Bonchev–Trinajstić information content (AvgIpc) is 3.33. The lowest BCUT2D eigenvalue weighted by molar-refractivity contribution is -0.141. The van der Waals surface area contributed by atoms with Gasteiger partial charge in [-0.2, -0.15) is 0 Å². The predicted octanol–water partition coefficient (Wildman–Crippen LogP) is 5.18. The minimum Gasteiger partial charge on any atom is -0.480 e. The zero-order valence-electron chi connectivity index (χ0n) is 23.0. The molecule has 1 aromatic rings. The van der Waals surface area contributed by atoms with E-state index in [1.54, 1.807) is 6.08 Å². The number of likely N-dealkylation sites (tertiary alicyclic amines) is 1. The van der Waals surface area contributed by atoms with Crippen molar-refractivity contribution >= 4 is 11.8 Å². The Balaban J connectivity index is 1.50. The third kappa shape index (κ3) is 8.25. The molecule has 1 fully saturated rings. The highest BCUT2D eigenvalue weighted by Gasteiger charge is 2.37. The lowest BCUT2D eigenvalue weighted by Crippen LogP contribution is -2.43. The lowest BCUT2D eigenvalue weighted by Gasteiger charge is -2.30. The highest BCUT2D eigenvalue weighted by Crippen LogP contribution is 2.28. The first-order valence-corrected chi connectivity index (χ1v) is 13.8. The van der Waals surface area contributed by atoms with Crippen molar-refractivity contribution < 1.29 is 19.4 Å². The van der Waals surface area contributed by atoms with Crippen molar-refractivity contribution in [1.29, 1.82) is 0 Å². The Morgan fingerprint density at radius 1 is 1.30 bits per heavy atom. The average molecular weight is 512 g/mol. The number of nitrogens with one attached hydrogen (secondary N) is 1. The molecule has 1 saturated heterocycles. The van der Waals surface area contributed by atoms with E-state index in [9.17, 15) is 9.90 Å². The molecule has 2 aliphatic rings. The van der Waals surface area contributed by atoms with E-state index in [1.807, 2.05) is 44.7 Å². The van der Waals surface area contributed by atoms with Gasteiger partial charge in [-0.05, 0) is 89.0 Å². The summed E-state index contributed by atoms with van der Waals surface area (Å²) in [5.41, 5.74) is 4.06. The number of carboxylic acids is 1. The van der Waals surface area contributed by atoms with Gasteiger partial charge in [0, 0.05) is 31.9 Å². The number of fused-ring (bicyclic) bond motifs is 1. The molecule has 0 aromatic carbocycles. The molecular weight excluding hydrogens is 466 g/mol. The molecule has 2 aliphatic heterocycles. The van der Waals surface area contributed by atoms with Crippen LogP contribution >= 0.6 is 0 Å². The minimum absolute atomic E-state index is 0.0360. The Morgan fingerprint density at radius 2 is 2.11 bits per heavy atom. The Labute approximate surface area is 222 Å². The number of pyridine rings is 1. The number of anilines is 1. The summed E-state index contributed by atoms with van der Waals surface area (Å²) in [4.78, 5) is 19.2.